The molecule has 74 valence electrons. The molecule has 0 radical (unpaired) electrons. The summed E-state index contributed by atoms with van der Waals surface area (Å²) < 4.78 is 0. The zero-order chi connectivity index (χ0) is 9.47. The highest BCUT2D eigenvalue weighted by atomic mass is 16.3. The molecule has 2 aliphatic rings. The van der Waals surface area contributed by atoms with Crippen LogP contribution in [-0.2, 0) is 4.79 Å². The highest BCUT2D eigenvalue weighted by Crippen LogP contribution is 2.50. The van der Waals surface area contributed by atoms with Crippen molar-refractivity contribution in [1.82, 2.24) is 0 Å². The summed E-state index contributed by atoms with van der Waals surface area (Å²) in [5, 5.41) is 9.64. The van der Waals surface area contributed by atoms with Crippen LogP contribution in [-0.4, -0.2) is 17.0 Å². The molecule has 1 N–H and O–H groups in total. The molecular weight excluding hydrogens is 164 g/mol. The SMILES string of the molecule is CC(O)(C=O)CC1CC2CCC1C2. The van der Waals surface area contributed by atoms with Crippen molar-refractivity contribution in [1.29, 1.82) is 0 Å². The smallest absolute Gasteiger partial charge is 0.151 e. The van der Waals surface area contributed by atoms with Gasteiger partial charge < -0.3 is 9.90 Å². The summed E-state index contributed by atoms with van der Waals surface area (Å²) in [4.78, 5) is 10.6. The molecule has 2 fully saturated rings. The van der Waals surface area contributed by atoms with Gasteiger partial charge in [0.15, 0.2) is 6.29 Å². The number of aldehydes is 1. The van der Waals surface area contributed by atoms with Gasteiger partial charge in [-0.3, -0.25) is 0 Å². The fourth-order valence-electron chi connectivity index (χ4n) is 3.21. The van der Waals surface area contributed by atoms with E-state index in [4.69, 9.17) is 0 Å². The first-order chi connectivity index (χ1) is 6.11. The Labute approximate surface area is 79.3 Å². The van der Waals surface area contributed by atoms with Crippen molar-refractivity contribution in [2.45, 2.75) is 44.6 Å². The number of rotatable bonds is 3. The van der Waals surface area contributed by atoms with E-state index < -0.39 is 5.60 Å². The average Bonchev–Trinajstić information content (AvgIpc) is 2.64. The largest absolute Gasteiger partial charge is 0.383 e. The van der Waals surface area contributed by atoms with Gasteiger partial charge in [-0.25, -0.2) is 0 Å². The van der Waals surface area contributed by atoms with Crippen molar-refractivity contribution >= 4 is 6.29 Å². The zero-order valence-electron chi connectivity index (χ0n) is 8.20. The second-order valence-electron chi connectivity index (χ2n) is 5.11. The quantitative estimate of drug-likeness (QED) is 0.675. The first-order valence-corrected chi connectivity index (χ1v) is 5.29. The number of hydrogen-bond donors (Lipinski definition) is 1. The molecule has 4 atom stereocenters. The molecule has 0 amide bonds. The standard InChI is InChI=1S/C11H18O2/c1-11(13,7-12)6-10-5-8-2-3-9(10)4-8/h7-10,13H,2-6H2,1H3. The molecular formula is C11H18O2. The minimum atomic E-state index is -1.07. The Morgan fingerprint density at radius 2 is 2.23 bits per heavy atom. The summed E-state index contributed by atoms with van der Waals surface area (Å²) >= 11 is 0. The Morgan fingerprint density at radius 1 is 1.46 bits per heavy atom. The van der Waals surface area contributed by atoms with Gasteiger partial charge in [-0.2, -0.15) is 0 Å². The van der Waals surface area contributed by atoms with E-state index in [1.54, 1.807) is 6.92 Å². The summed E-state index contributed by atoms with van der Waals surface area (Å²) in [5.41, 5.74) is -1.07. The first kappa shape index (κ1) is 9.20. The van der Waals surface area contributed by atoms with E-state index in [1.807, 2.05) is 0 Å². The molecule has 0 aromatic carbocycles. The zero-order valence-corrected chi connectivity index (χ0v) is 8.20. The summed E-state index contributed by atoms with van der Waals surface area (Å²) in [7, 11) is 0. The number of carbonyl (C=O) groups excluding carboxylic acids is 1. The lowest BCUT2D eigenvalue weighted by Gasteiger charge is -2.26. The monoisotopic (exact) mass is 182 g/mol. The lowest BCUT2D eigenvalue weighted by atomic mass is 9.81. The maximum atomic E-state index is 10.6. The molecule has 0 spiro atoms. The topological polar surface area (TPSA) is 37.3 Å². The number of fused-ring (bicyclic) bond motifs is 2. The van der Waals surface area contributed by atoms with Crippen LogP contribution >= 0.6 is 0 Å². The maximum absolute atomic E-state index is 10.6. The summed E-state index contributed by atoms with van der Waals surface area (Å²) in [6.45, 7) is 1.63. The third-order valence-corrected chi connectivity index (χ3v) is 3.81. The van der Waals surface area contributed by atoms with Gasteiger partial charge in [0.2, 0.25) is 0 Å². The molecule has 4 unspecified atom stereocenters. The first-order valence-electron chi connectivity index (χ1n) is 5.29. The van der Waals surface area contributed by atoms with E-state index in [0.717, 1.165) is 11.8 Å². The predicted molar refractivity (Wildman–Crippen MR) is 50.2 cm³/mol. The van der Waals surface area contributed by atoms with Gasteiger partial charge in [0.25, 0.3) is 0 Å². The molecule has 2 heteroatoms. The minimum absolute atomic E-state index is 0.610. The Kier molecular flexibility index (Phi) is 2.18. The van der Waals surface area contributed by atoms with E-state index >= 15 is 0 Å². The molecule has 2 bridgehead atoms. The van der Waals surface area contributed by atoms with Crippen molar-refractivity contribution < 1.29 is 9.90 Å². The van der Waals surface area contributed by atoms with Gasteiger partial charge in [0.1, 0.15) is 5.60 Å². The Balaban J connectivity index is 1.93. The van der Waals surface area contributed by atoms with E-state index in [1.165, 1.54) is 25.7 Å². The summed E-state index contributed by atoms with van der Waals surface area (Å²) in [6.07, 6.45) is 6.67. The van der Waals surface area contributed by atoms with Crippen LogP contribution in [0, 0.1) is 17.8 Å². The second-order valence-corrected chi connectivity index (χ2v) is 5.11. The Hall–Kier alpha value is -0.370. The molecule has 13 heavy (non-hydrogen) atoms. The molecule has 0 aliphatic heterocycles. The number of hydrogen-bond acceptors (Lipinski definition) is 2. The fourth-order valence-corrected chi connectivity index (χ4v) is 3.21. The maximum Gasteiger partial charge on any atom is 0.151 e. The normalized spacial score (nSPS) is 41.8. The lowest BCUT2D eigenvalue weighted by molar-refractivity contribution is -0.124. The van der Waals surface area contributed by atoms with Crippen LogP contribution in [0.25, 0.3) is 0 Å². The molecule has 0 aromatic rings. The highest BCUT2D eigenvalue weighted by molar-refractivity contribution is 5.61. The van der Waals surface area contributed by atoms with Crippen molar-refractivity contribution in [2.24, 2.45) is 17.8 Å². The predicted octanol–water partition coefficient (Wildman–Crippen LogP) is 1.76. The number of aliphatic hydroxyl groups is 1. The number of carbonyl (C=O) groups is 1. The van der Waals surface area contributed by atoms with Crippen molar-refractivity contribution in [3.05, 3.63) is 0 Å². The van der Waals surface area contributed by atoms with Crippen molar-refractivity contribution in [3.8, 4) is 0 Å². The Morgan fingerprint density at radius 3 is 2.69 bits per heavy atom. The van der Waals surface area contributed by atoms with Crippen LogP contribution < -0.4 is 0 Å². The van der Waals surface area contributed by atoms with Crippen molar-refractivity contribution in [3.63, 3.8) is 0 Å². The van der Waals surface area contributed by atoms with Gasteiger partial charge >= 0.3 is 0 Å². The molecule has 2 saturated carbocycles. The van der Waals surface area contributed by atoms with E-state index in [2.05, 4.69) is 0 Å². The van der Waals surface area contributed by atoms with Gasteiger partial charge in [-0.1, -0.05) is 6.42 Å². The van der Waals surface area contributed by atoms with Gasteiger partial charge in [0.05, 0.1) is 0 Å². The highest BCUT2D eigenvalue weighted by Gasteiger charge is 2.41. The molecule has 0 aromatic heterocycles. The van der Waals surface area contributed by atoms with Crippen LogP contribution in [0.3, 0.4) is 0 Å². The van der Waals surface area contributed by atoms with Gasteiger partial charge in [0, 0.05) is 0 Å². The van der Waals surface area contributed by atoms with Crippen molar-refractivity contribution in [2.75, 3.05) is 0 Å². The lowest BCUT2D eigenvalue weighted by Crippen LogP contribution is -2.31. The van der Waals surface area contributed by atoms with E-state index in [0.29, 0.717) is 18.6 Å². The van der Waals surface area contributed by atoms with E-state index in [-0.39, 0.29) is 0 Å². The fraction of sp³-hybridized carbons (Fsp3) is 0.909. The molecule has 2 nitrogen and oxygen atoms in total. The summed E-state index contributed by atoms with van der Waals surface area (Å²) in [5.74, 6) is 2.31. The van der Waals surface area contributed by atoms with E-state index in [9.17, 15) is 9.90 Å². The molecule has 2 rings (SSSR count). The molecule has 0 saturated heterocycles. The van der Waals surface area contributed by atoms with Crippen LogP contribution in [0.4, 0.5) is 0 Å². The van der Waals surface area contributed by atoms with Crippen LogP contribution in [0.15, 0.2) is 0 Å². The molecule has 2 aliphatic carbocycles. The van der Waals surface area contributed by atoms with Gasteiger partial charge in [-0.05, 0) is 50.4 Å². The third-order valence-electron chi connectivity index (χ3n) is 3.81. The average molecular weight is 182 g/mol. The van der Waals surface area contributed by atoms with Gasteiger partial charge in [-0.15, -0.1) is 0 Å². The Bertz CT molecular complexity index is 210. The third kappa shape index (κ3) is 1.78. The van der Waals surface area contributed by atoms with Crippen LogP contribution in [0.5, 0.6) is 0 Å². The summed E-state index contributed by atoms with van der Waals surface area (Å²) in [6, 6.07) is 0. The van der Waals surface area contributed by atoms with Crippen LogP contribution in [0.2, 0.25) is 0 Å². The minimum Gasteiger partial charge on any atom is -0.383 e. The second kappa shape index (κ2) is 3.09. The van der Waals surface area contributed by atoms with Crippen LogP contribution in [0.1, 0.15) is 39.0 Å². The molecule has 0 heterocycles.